The van der Waals surface area contributed by atoms with Crippen molar-refractivity contribution >= 4 is 11.9 Å². The average Bonchev–Trinajstić information content (AvgIpc) is 2.90. The molecule has 218 valence electrons. The van der Waals surface area contributed by atoms with Gasteiger partial charge in [-0.3, -0.25) is 9.59 Å². The number of ether oxygens (including phenoxy) is 3. The van der Waals surface area contributed by atoms with E-state index in [1.807, 2.05) is 30.3 Å². The zero-order valence-corrected chi connectivity index (χ0v) is 23.5. The minimum Gasteiger partial charge on any atom is -0.481 e. The molecule has 0 bridgehead atoms. The zero-order valence-electron chi connectivity index (χ0n) is 23.5. The quantitative estimate of drug-likeness (QED) is 0.108. The largest absolute Gasteiger partial charge is 0.481 e. The Morgan fingerprint density at radius 3 is 1.58 bits per heavy atom. The summed E-state index contributed by atoms with van der Waals surface area (Å²) >= 11 is 0. The van der Waals surface area contributed by atoms with E-state index in [-0.39, 0.29) is 12.5 Å². The Balaban J connectivity index is 1.99. The van der Waals surface area contributed by atoms with Gasteiger partial charge < -0.3 is 24.4 Å². The van der Waals surface area contributed by atoms with Gasteiger partial charge in [-0.1, -0.05) is 101 Å². The first kappa shape index (κ1) is 34.1. The molecule has 0 saturated carbocycles. The lowest BCUT2D eigenvalue weighted by Crippen LogP contribution is -2.26. The van der Waals surface area contributed by atoms with Gasteiger partial charge in [0.05, 0.1) is 19.8 Å². The Bertz CT molecular complexity index is 680. The maximum absolute atomic E-state index is 10.7. The minimum atomic E-state index is -0.769. The highest BCUT2D eigenvalue weighted by Gasteiger charge is 2.11. The van der Waals surface area contributed by atoms with Gasteiger partial charge in [-0.25, -0.2) is 0 Å². The molecule has 0 amide bonds. The highest BCUT2D eigenvalue weighted by molar-refractivity contribution is 5.66. The molecule has 0 unspecified atom stereocenters. The van der Waals surface area contributed by atoms with Crippen LogP contribution in [0.5, 0.6) is 0 Å². The summed E-state index contributed by atoms with van der Waals surface area (Å²) in [5.41, 5.74) is 1.12. The Morgan fingerprint density at radius 1 is 0.579 bits per heavy atom. The van der Waals surface area contributed by atoms with Crippen LogP contribution in [-0.4, -0.2) is 54.7 Å². The van der Waals surface area contributed by atoms with E-state index in [9.17, 15) is 9.59 Å². The van der Waals surface area contributed by atoms with Crippen molar-refractivity contribution in [2.75, 3.05) is 26.4 Å². The predicted octanol–water partition coefficient (Wildman–Crippen LogP) is 7.41. The lowest BCUT2D eigenvalue weighted by molar-refractivity contribution is -0.138. The van der Waals surface area contributed by atoms with Crippen molar-refractivity contribution in [2.24, 2.45) is 0 Å². The summed E-state index contributed by atoms with van der Waals surface area (Å²) in [7, 11) is 0. The number of carbonyl (C=O) groups is 2. The number of rotatable bonds is 28. The van der Waals surface area contributed by atoms with Crippen molar-refractivity contribution in [3.63, 3.8) is 0 Å². The van der Waals surface area contributed by atoms with Crippen molar-refractivity contribution in [3.05, 3.63) is 35.9 Å². The molecule has 0 radical (unpaired) electrons. The summed E-state index contributed by atoms with van der Waals surface area (Å²) in [6.07, 6.45) is 17.2. The van der Waals surface area contributed by atoms with E-state index in [1.54, 1.807) is 0 Å². The summed E-state index contributed by atoms with van der Waals surface area (Å²) in [4.78, 5) is 21.1. The van der Waals surface area contributed by atoms with Gasteiger partial charge in [0.1, 0.15) is 6.10 Å². The van der Waals surface area contributed by atoms with E-state index < -0.39 is 11.9 Å². The van der Waals surface area contributed by atoms with Gasteiger partial charge in [0.15, 0.2) is 0 Å². The number of carboxylic acid groups (broad SMARTS) is 2. The lowest BCUT2D eigenvalue weighted by Gasteiger charge is -2.18. The molecule has 0 saturated heterocycles. The van der Waals surface area contributed by atoms with Crippen molar-refractivity contribution < 1.29 is 34.0 Å². The van der Waals surface area contributed by atoms with E-state index in [1.165, 1.54) is 57.8 Å². The molecule has 0 aromatic heterocycles. The molecule has 7 nitrogen and oxygen atoms in total. The fraction of sp³-hybridized carbons (Fsp3) is 0.742. The molecule has 38 heavy (non-hydrogen) atoms. The van der Waals surface area contributed by atoms with E-state index in [0.717, 1.165) is 44.3 Å². The number of carboxylic acids is 2. The molecular formula is C31H52O7. The van der Waals surface area contributed by atoms with Gasteiger partial charge in [0, 0.05) is 26.1 Å². The molecule has 2 N–H and O–H groups in total. The van der Waals surface area contributed by atoms with Gasteiger partial charge in [-0.05, 0) is 31.2 Å². The summed E-state index contributed by atoms with van der Waals surface area (Å²) in [5.74, 6) is -1.45. The highest BCUT2D eigenvalue weighted by Crippen LogP contribution is 2.13. The molecule has 0 spiro atoms. The van der Waals surface area contributed by atoms with Crippen LogP contribution >= 0.6 is 0 Å². The average molecular weight is 537 g/mol. The first-order chi connectivity index (χ1) is 18.6. The molecule has 1 atom stereocenters. The van der Waals surface area contributed by atoms with Crippen LogP contribution < -0.4 is 0 Å². The van der Waals surface area contributed by atoms with Gasteiger partial charge in [0.2, 0.25) is 0 Å². The maximum atomic E-state index is 10.7. The topological polar surface area (TPSA) is 102 Å². The fourth-order valence-electron chi connectivity index (χ4n) is 4.29. The Hall–Kier alpha value is -1.96. The second kappa shape index (κ2) is 25.3. The van der Waals surface area contributed by atoms with E-state index >= 15 is 0 Å². The van der Waals surface area contributed by atoms with Crippen molar-refractivity contribution in [2.45, 2.75) is 122 Å². The molecule has 0 aliphatic rings. The molecule has 1 rings (SSSR count). The number of hydrogen-bond donors (Lipinski definition) is 2. The van der Waals surface area contributed by atoms with E-state index in [0.29, 0.717) is 39.3 Å². The van der Waals surface area contributed by atoms with Crippen LogP contribution in [0.25, 0.3) is 0 Å². The fourth-order valence-corrected chi connectivity index (χ4v) is 4.29. The maximum Gasteiger partial charge on any atom is 0.303 e. The molecule has 1 aromatic rings. The normalized spacial score (nSPS) is 12.0. The van der Waals surface area contributed by atoms with Crippen molar-refractivity contribution in [1.82, 2.24) is 0 Å². The third kappa shape index (κ3) is 23.2. The molecule has 0 heterocycles. The predicted molar refractivity (Wildman–Crippen MR) is 150 cm³/mol. The van der Waals surface area contributed by atoms with Crippen LogP contribution in [0.4, 0.5) is 0 Å². The lowest BCUT2D eigenvalue weighted by atomic mass is 10.0. The van der Waals surface area contributed by atoms with Crippen LogP contribution in [0.2, 0.25) is 0 Å². The van der Waals surface area contributed by atoms with E-state index in [4.69, 9.17) is 24.4 Å². The number of hydrogen-bond acceptors (Lipinski definition) is 5. The minimum absolute atomic E-state index is 0.145. The second-order valence-electron chi connectivity index (χ2n) is 10.2. The third-order valence-electron chi connectivity index (χ3n) is 6.54. The Kier molecular flexibility index (Phi) is 22.7. The van der Waals surface area contributed by atoms with E-state index in [2.05, 4.69) is 0 Å². The second-order valence-corrected chi connectivity index (χ2v) is 10.2. The van der Waals surface area contributed by atoms with Gasteiger partial charge in [0.25, 0.3) is 0 Å². The standard InChI is InChI=1S/C31H52O7/c32-30(33)21-15-10-8-6-4-2-1-3-5-7-9-11-17-23-36-26-29(38-24-18-16-22-31(34)35)27-37-25-28-19-13-12-14-20-28/h12-14,19-20,29H,1-11,15-18,21-27H2,(H,32,33)(H,34,35)/t29-/m1/s1. The highest BCUT2D eigenvalue weighted by atomic mass is 16.6. The molecular weight excluding hydrogens is 484 g/mol. The summed E-state index contributed by atoms with van der Waals surface area (Å²) in [5, 5.41) is 17.4. The van der Waals surface area contributed by atoms with Crippen LogP contribution in [0.15, 0.2) is 30.3 Å². The van der Waals surface area contributed by atoms with Crippen LogP contribution in [0.1, 0.15) is 115 Å². The summed E-state index contributed by atoms with van der Waals surface area (Å²) in [6.45, 7) is 2.73. The summed E-state index contributed by atoms with van der Waals surface area (Å²) in [6, 6.07) is 10.0. The van der Waals surface area contributed by atoms with Crippen molar-refractivity contribution in [1.29, 1.82) is 0 Å². The van der Waals surface area contributed by atoms with Gasteiger partial charge in [-0.2, -0.15) is 0 Å². The van der Waals surface area contributed by atoms with Crippen LogP contribution in [0, 0.1) is 0 Å². The third-order valence-corrected chi connectivity index (χ3v) is 6.54. The SMILES string of the molecule is O=C(O)CCCCCCCCCCCCCCCOC[C@H](COCc1ccccc1)OCCCCC(=O)O. The molecule has 0 aliphatic carbocycles. The first-order valence-electron chi connectivity index (χ1n) is 14.8. The van der Waals surface area contributed by atoms with Crippen LogP contribution in [0.3, 0.4) is 0 Å². The summed E-state index contributed by atoms with van der Waals surface area (Å²) < 4.78 is 17.7. The number of unbranched alkanes of at least 4 members (excludes halogenated alkanes) is 13. The monoisotopic (exact) mass is 536 g/mol. The Labute approximate surface area is 230 Å². The molecule has 1 aromatic carbocycles. The van der Waals surface area contributed by atoms with Gasteiger partial charge >= 0.3 is 11.9 Å². The zero-order chi connectivity index (χ0) is 27.5. The number of benzene rings is 1. The molecule has 7 heteroatoms. The first-order valence-corrected chi connectivity index (χ1v) is 14.8. The van der Waals surface area contributed by atoms with Crippen molar-refractivity contribution in [3.8, 4) is 0 Å². The smallest absolute Gasteiger partial charge is 0.303 e. The van der Waals surface area contributed by atoms with Gasteiger partial charge in [-0.15, -0.1) is 0 Å². The van der Waals surface area contributed by atoms with Crippen LogP contribution in [-0.2, 0) is 30.4 Å². The number of aliphatic carboxylic acids is 2. The molecule has 0 fully saturated rings. The Morgan fingerprint density at radius 2 is 1.03 bits per heavy atom. The molecule has 0 aliphatic heterocycles.